The Labute approximate surface area is 155 Å². The fourth-order valence-electron chi connectivity index (χ4n) is 3.64. The van der Waals surface area contributed by atoms with Gasteiger partial charge in [0.2, 0.25) is 0 Å². The summed E-state index contributed by atoms with van der Waals surface area (Å²) in [4.78, 5) is 12.5. The highest BCUT2D eigenvalue weighted by Gasteiger charge is 2.48. The van der Waals surface area contributed by atoms with Crippen molar-refractivity contribution in [3.63, 3.8) is 0 Å². The second-order valence-electron chi connectivity index (χ2n) is 6.44. The van der Waals surface area contributed by atoms with Crippen LogP contribution in [0.15, 0.2) is 66.0 Å². The van der Waals surface area contributed by atoms with Crippen molar-refractivity contribution in [1.29, 1.82) is 0 Å². The van der Waals surface area contributed by atoms with Gasteiger partial charge in [-0.1, -0.05) is 54.6 Å². The van der Waals surface area contributed by atoms with Crippen LogP contribution in [0.1, 0.15) is 22.9 Å². The lowest BCUT2D eigenvalue weighted by molar-refractivity contribution is -0.144. The number of thiophene rings is 1. The minimum atomic E-state index is -1.10. The van der Waals surface area contributed by atoms with Crippen molar-refractivity contribution in [2.24, 2.45) is 5.73 Å². The molecule has 0 radical (unpaired) electrons. The summed E-state index contributed by atoms with van der Waals surface area (Å²) in [6, 6.07) is 19.0. The van der Waals surface area contributed by atoms with Crippen molar-refractivity contribution < 1.29 is 14.6 Å². The van der Waals surface area contributed by atoms with Gasteiger partial charge in [0.25, 0.3) is 0 Å². The van der Waals surface area contributed by atoms with Crippen molar-refractivity contribution in [3.05, 3.63) is 82.0 Å². The molecule has 132 valence electrons. The van der Waals surface area contributed by atoms with E-state index in [-0.39, 0.29) is 0 Å². The predicted octanol–water partition coefficient (Wildman–Crippen LogP) is 3.84. The van der Waals surface area contributed by atoms with E-state index in [1.54, 1.807) is 18.3 Å². The number of carboxylic acid groups (broad SMARTS) is 1. The minimum Gasteiger partial charge on any atom is -0.480 e. The molecule has 3 aromatic rings. The summed E-state index contributed by atoms with van der Waals surface area (Å²) in [7, 11) is 0. The third-order valence-corrected chi connectivity index (χ3v) is 5.93. The van der Waals surface area contributed by atoms with Gasteiger partial charge in [-0.3, -0.25) is 4.79 Å². The molecule has 0 aliphatic heterocycles. The zero-order valence-corrected chi connectivity index (χ0v) is 15.1. The molecular formula is C21H19NO3S. The Morgan fingerprint density at radius 3 is 2.50 bits per heavy atom. The van der Waals surface area contributed by atoms with Crippen LogP contribution in [-0.4, -0.2) is 23.2 Å². The molecular weight excluding hydrogens is 346 g/mol. The molecule has 3 atom stereocenters. The lowest BCUT2D eigenvalue weighted by Gasteiger charge is -2.35. The number of benzene rings is 2. The molecule has 0 saturated carbocycles. The fourth-order valence-corrected chi connectivity index (χ4v) is 4.73. The molecule has 0 spiro atoms. The van der Waals surface area contributed by atoms with Crippen LogP contribution in [0.25, 0.3) is 11.1 Å². The highest BCUT2D eigenvalue weighted by molar-refractivity contribution is 7.10. The van der Waals surface area contributed by atoms with Crippen LogP contribution >= 0.6 is 11.3 Å². The zero-order valence-electron chi connectivity index (χ0n) is 14.3. The molecule has 1 aliphatic carbocycles. The molecule has 2 aromatic carbocycles. The number of hydrogen-bond donors (Lipinski definition) is 2. The summed E-state index contributed by atoms with van der Waals surface area (Å²) in [5, 5.41) is 11.4. The number of aliphatic carboxylic acids is 1. The van der Waals surface area contributed by atoms with Gasteiger partial charge in [0.1, 0.15) is 6.04 Å². The molecule has 5 heteroatoms. The number of carbonyl (C=O) groups is 1. The maximum Gasteiger partial charge on any atom is 0.323 e. The molecule has 4 nitrogen and oxygen atoms in total. The number of ether oxygens (including phenoxy) is 1. The van der Waals surface area contributed by atoms with Crippen molar-refractivity contribution >= 4 is 17.3 Å². The maximum absolute atomic E-state index is 11.4. The summed E-state index contributed by atoms with van der Waals surface area (Å²) in [5.74, 6) is -1.07. The molecule has 1 aromatic heterocycles. The molecule has 0 fully saturated rings. The van der Waals surface area contributed by atoms with Crippen molar-refractivity contribution in [3.8, 4) is 11.1 Å². The van der Waals surface area contributed by atoms with E-state index in [4.69, 9.17) is 10.5 Å². The molecule has 0 amide bonds. The number of hydrogen-bond acceptors (Lipinski definition) is 4. The Hall–Kier alpha value is -2.47. The summed E-state index contributed by atoms with van der Waals surface area (Å²) < 4.78 is 6.52. The molecule has 1 aliphatic rings. The van der Waals surface area contributed by atoms with Crippen LogP contribution in [-0.2, 0) is 15.1 Å². The molecule has 0 bridgehead atoms. The minimum absolute atomic E-state index is 0.672. The smallest absolute Gasteiger partial charge is 0.323 e. The van der Waals surface area contributed by atoms with Crippen LogP contribution in [0.2, 0.25) is 0 Å². The molecule has 4 rings (SSSR count). The Morgan fingerprint density at radius 2 is 1.77 bits per heavy atom. The number of rotatable bonds is 5. The van der Waals surface area contributed by atoms with E-state index in [1.807, 2.05) is 53.9 Å². The van der Waals surface area contributed by atoms with Crippen LogP contribution in [0.4, 0.5) is 0 Å². The van der Waals surface area contributed by atoms with E-state index in [0.29, 0.717) is 0 Å². The number of carboxylic acids is 1. The van der Waals surface area contributed by atoms with Crippen LogP contribution < -0.4 is 5.73 Å². The molecule has 3 N–H and O–H groups in total. The average molecular weight is 365 g/mol. The first-order valence-electron chi connectivity index (χ1n) is 8.45. The lowest BCUT2D eigenvalue weighted by atomic mass is 9.87. The Balaban J connectivity index is 1.95. The summed E-state index contributed by atoms with van der Waals surface area (Å²) in [6.45, 7) is 1.72. The summed E-state index contributed by atoms with van der Waals surface area (Å²) in [6.07, 6.45) is -0.672. The zero-order chi connectivity index (χ0) is 18.3. The van der Waals surface area contributed by atoms with Gasteiger partial charge < -0.3 is 15.6 Å². The van der Waals surface area contributed by atoms with Crippen molar-refractivity contribution in [1.82, 2.24) is 0 Å². The highest BCUT2D eigenvalue weighted by atomic mass is 32.1. The van der Waals surface area contributed by atoms with Crippen molar-refractivity contribution in [2.75, 3.05) is 0 Å². The van der Waals surface area contributed by atoms with E-state index in [0.717, 1.165) is 27.1 Å². The van der Waals surface area contributed by atoms with E-state index in [2.05, 4.69) is 12.1 Å². The lowest BCUT2D eigenvalue weighted by Crippen LogP contribution is -2.46. The van der Waals surface area contributed by atoms with Crippen molar-refractivity contribution in [2.45, 2.75) is 24.7 Å². The maximum atomic E-state index is 11.4. The second kappa shape index (κ2) is 6.36. The first-order chi connectivity index (χ1) is 12.6. The molecule has 0 saturated heterocycles. The Kier molecular flexibility index (Phi) is 4.15. The van der Waals surface area contributed by atoms with Crippen LogP contribution in [0.5, 0.6) is 0 Å². The average Bonchev–Trinajstić information content (AvgIpc) is 3.24. The molecule has 26 heavy (non-hydrogen) atoms. The SMILES string of the molecule is C[C@@H](OC1(c2ccccc2)c2ccccc2-c2ccsc21)[C@H](N)C(=O)O. The van der Waals surface area contributed by atoms with E-state index in [1.165, 1.54) is 0 Å². The van der Waals surface area contributed by atoms with Gasteiger partial charge in [-0.15, -0.1) is 11.3 Å². The van der Waals surface area contributed by atoms with Gasteiger partial charge in [0.15, 0.2) is 5.60 Å². The predicted molar refractivity (Wildman–Crippen MR) is 102 cm³/mol. The number of nitrogens with two attached hydrogens (primary N) is 1. The second-order valence-corrected chi connectivity index (χ2v) is 7.36. The summed E-state index contributed by atoms with van der Waals surface area (Å²) in [5.41, 5.74) is 9.26. The molecule has 1 unspecified atom stereocenters. The number of fused-ring (bicyclic) bond motifs is 3. The standard InChI is InChI=1S/C21H19NO3S/c1-13(18(22)20(23)24)25-21(14-7-3-2-4-8-14)17-10-6-5-9-15(17)16-11-12-26-19(16)21/h2-13,18H,22H2,1H3,(H,23,24)/t13-,18+,21?/m1/s1. The quantitative estimate of drug-likeness (QED) is 0.721. The third-order valence-electron chi connectivity index (χ3n) is 4.92. The van der Waals surface area contributed by atoms with Gasteiger partial charge in [0, 0.05) is 5.56 Å². The Bertz CT molecular complexity index is 953. The van der Waals surface area contributed by atoms with Gasteiger partial charge in [-0.25, -0.2) is 0 Å². The summed E-state index contributed by atoms with van der Waals surface area (Å²) >= 11 is 1.62. The topological polar surface area (TPSA) is 72.5 Å². The van der Waals surface area contributed by atoms with Gasteiger partial charge in [-0.2, -0.15) is 0 Å². The van der Waals surface area contributed by atoms with Crippen LogP contribution in [0, 0.1) is 0 Å². The first kappa shape index (κ1) is 17.0. The highest BCUT2D eigenvalue weighted by Crippen LogP contribution is 2.55. The monoisotopic (exact) mass is 365 g/mol. The normalized spacial score (nSPS) is 20.2. The van der Waals surface area contributed by atoms with Gasteiger partial charge >= 0.3 is 5.97 Å². The van der Waals surface area contributed by atoms with Gasteiger partial charge in [0.05, 0.1) is 11.0 Å². The largest absolute Gasteiger partial charge is 0.480 e. The van der Waals surface area contributed by atoms with Gasteiger partial charge in [-0.05, 0) is 35.1 Å². The Morgan fingerprint density at radius 1 is 1.08 bits per heavy atom. The van der Waals surface area contributed by atoms with E-state index in [9.17, 15) is 9.90 Å². The molecule has 1 heterocycles. The van der Waals surface area contributed by atoms with E-state index < -0.39 is 23.7 Å². The first-order valence-corrected chi connectivity index (χ1v) is 9.33. The fraction of sp³-hybridized carbons (Fsp3) is 0.190. The van der Waals surface area contributed by atoms with E-state index >= 15 is 0 Å². The van der Waals surface area contributed by atoms with Crippen LogP contribution in [0.3, 0.4) is 0 Å². The third kappa shape index (κ3) is 2.40.